The summed E-state index contributed by atoms with van der Waals surface area (Å²) in [6.07, 6.45) is 12.9. The van der Waals surface area contributed by atoms with E-state index in [9.17, 15) is 4.79 Å². The van der Waals surface area contributed by atoms with Crippen molar-refractivity contribution in [3.05, 3.63) is 60.7 Å². The van der Waals surface area contributed by atoms with E-state index in [1.54, 1.807) is 0 Å². The Balaban J connectivity index is 1.88. The summed E-state index contributed by atoms with van der Waals surface area (Å²) in [6, 6.07) is 21.8. The SMILES string of the molecule is CC(C)(C)[Si](OCCCCCCCCCCCC=O)(c1ccccc1)c1ccccc1. The molecule has 31 heavy (non-hydrogen) atoms. The third-order valence-electron chi connectivity index (χ3n) is 6.20. The molecule has 0 spiro atoms. The van der Waals surface area contributed by atoms with Crippen molar-refractivity contribution < 1.29 is 9.22 Å². The highest BCUT2D eigenvalue weighted by atomic mass is 28.4. The third kappa shape index (κ3) is 7.73. The fraction of sp³-hybridized carbons (Fsp3) is 0.536. The molecule has 0 N–H and O–H groups in total. The van der Waals surface area contributed by atoms with Crippen LogP contribution in [0.2, 0.25) is 5.04 Å². The van der Waals surface area contributed by atoms with E-state index in [0.29, 0.717) is 0 Å². The maximum Gasteiger partial charge on any atom is 0.261 e. The van der Waals surface area contributed by atoms with E-state index in [1.165, 1.54) is 55.3 Å². The lowest BCUT2D eigenvalue weighted by molar-refractivity contribution is -0.107. The first-order valence-corrected chi connectivity index (χ1v) is 14.1. The van der Waals surface area contributed by atoms with E-state index in [0.717, 1.165) is 32.2 Å². The van der Waals surface area contributed by atoms with Gasteiger partial charge in [0.05, 0.1) is 0 Å². The van der Waals surface area contributed by atoms with Gasteiger partial charge in [-0.3, -0.25) is 0 Å². The van der Waals surface area contributed by atoms with Crippen molar-refractivity contribution in [2.45, 2.75) is 90.0 Å². The first-order chi connectivity index (χ1) is 15.0. The monoisotopic (exact) mass is 438 g/mol. The minimum atomic E-state index is -2.37. The van der Waals surface area contributed by atoms with Gasteiger partial charge in [0.1, 0.15) is 6.29 Å². The summed E-state index contributed by atoms with van der Waals surface area (Å²) in [7, 11) is -2.37. The number of rotatable bonds is 15. The average Bonchev–Trinajstić information content (AvgIpc) is 2.77. The van der Waals surface area contributed by atoms with Gasteiger partial charge >= 0.3 is 0 Å². The van der Waals surface area contributed by atoms with Crippen LogP contribution in [0.25, 0.3) is 0 Å². The van der Waals surface area contributed by atoms with Gasteiger partial charge < -0.3 is 9.22 Å². The van der Waals surface area contributed by atoms with Gasteiger partial charge in [-0.1, -0.05) is 126 Å². The van der Waals surface area contributed by atoms with Crippen LogP contribution in [0.5, 0.6) is 0 Å². The Bertz CT molecular complexity index is 682. The van der Waals surface area contributed by atoms with Crippen LogP contribution in [0.3, 0.4) is 0 Å². The van der Waals surface area contributed by atoms with E-state index in [1.807, 2.05) is 0 Å². The van der Waals surface area contributed by atoms with Gasteiger partial charge in [-0.15, -0.1) is 0 Å². The molecule has 170 valence electrons. The molecule has 0 aliphatic rings. The van der Waals surface area contributed by atoms with Gasteiger partial charge in [0, 0.05) is 13.0 Å². The predicted molar refractivity (Wildman–Crippen MR) is 136 cm³/mol. The fourth-order valence-corrected chi connectivity index (χ4v) is 9.16. The Morgan fingerprint density at radius 3 is 1.52 bits per heavy atom. The summed E-state index contributed by atoms with van der Waals surface area (Å²) in [6.45, 7) is 7.86. The zero-order chi connectivity index (χ0) is 22.4. The van der Waals surface area contributed by atoms with Gasteiger partial charge in [-0.25, -0.2) is 0 Å². The predicted octanol–water partition coefficient (Wildman–Crippen LogP) is 6.66. The maximum atomic E-state index is 10.3. The molecular weight excluding hydrogens is 396 g/mol. The summed E-state index contributed by atoms with van der Waals surface area (Å²) in [5.74, 6) is 0. The number of hydrogen-bond donors (Lipinski definition) is 0. The molecule has 0 aliphatic carbocycles. The summed E-state index contributed by atoms with van der Waals surface area (Å²) >= 11 is 0. The van der Waals surface area contributed by atoms with E-state index in [2.05, 4.69) is 81.4 Å². The highest BCUT2D eigenvalue weighted by Crippen LogP contribution is 2.36. The number of carbonyl (C=O) groups excluding carboxylic acids is 1. The molecule has 2 nitrogen and oxygen atoms in total. The van der Waals surface area contributed by atoms with Gasteiger partial charge in [-0.05, 0) is 28.3 Å². The zero-order valence-electron chi connectivity index (χ0n) is 19.9. The van der Waals surface area contributed by atoms with Crippen LogP contribution in [0.15, 0.2) is 60.7 Å². The fourth-order valence-electron chi connectivity index (χ4n) is 4.55. The number of hydrogen-bond acceptors (Lipinski definition) is 2. The quantitative estimate of drug-likeness (QED) is 0.176. The Hall–Kier alpha value is -1.71. The number of aldehydes is 1. The van der Waals surface area contributed by atoms with E-state index in [-0.39, 0.29) is 5.04 Å². The molecular formula is C28H42O2Si. The van der Waals surface area contributed by atoms with Crippen LogP contribution in [0.1, 0.15) is 85.0 Å². The second-order valence-corrected chi connectivity index (χ2v) is 14.0. The largest absolute Gasteiger partial charge is 0.407 e. The molecule has 0 fully saturated rings. The lowest BCUT2D eigenvalue weighted by atomic mass is 10.1. The lowest BCUT2D eigenvalue weighted by Crippen LogP contribution is -2.66. The number of carbonyl (C=O) groups is 1. The standard InChI is InChI=1S/C28H42O2Si/c1-28(2,3)31(26-20-14-12-15-21-26,27-22-16-13-17-23-27)30-25-19-11-9-7-5-4-6-8-10-18-24-29/h12-17,20-24H,4-11,18-19,25H2,1-3H3. The van der Waals surface area contributed by atoms with Crippen molar-refractivity contribution in [2.75, 3.05) is 6.61 Å². The van der Waals surface area contributed by atoms with Crippen molar-refractivity contribution in [1.82, 2.24) is 0 Å². The third-order valence-corrected chi connectivity index (χ3v) is 11.2. The van der Waals surface area contributed by atoms with Crippen LogP contribution >= 0.6 is 0 Å². The smallest absolute Gasteiger partial charge is 0.261 e. The minimum Gasteiger partial charge on any atom is -0.407 e. The molecule has 2 aromatic carbocycles. The first kappa shape index (κ1) is 25.5. The molecule has 0 unspecified atom stereocenters. The molecule has 2 rings (SSSR count). The Labute approximate surface area is 191 Å². The number of unbranched alkanes of at least 4 members (excludes halogenated alkanes) is 9. The summed E-state index contributed by atoms with van der Waals surface area (Å²) in [4.78, 5) is 10.3. The normalized spacial score (nSPS) is 12.1. The van der Waals surface area contributed by atoms with E-state index < -0.39 is 8.32 Å². The average molecular weight is 439 g/mol. The van der Waals surface area contributed by atoms with E-state index >= 15 is 0 Å². The Morgan fingerprint density at radius 2 is 1.10 bits per heavy atom. The van der Waals surface area contributed by atoms with Crippen molar-refractivity contribution in [2.24, 2.45) is 0 Å². The van der Waals surface area contributed by atoms with Gasteiger partial charge in [0.2, 0.25) is 0 Å². The Kier molecular flexibility index (Phi) is 11.2. The van der Waals surface area contributed by atoms with Crippen molar-refractivity contribution >= 4 is 25.0 Å². The van der Waals surface area contributed by atoms with Gasteiger partial charge in [0.25, 0.3) is 8.32 Å². The van der Waals surface area contributed by atoms with Crippen LogP contribution in [0, 0.1) is 0 Å². The van der Waals surface area contributed by atoms with Crippen LogP contribution in [-0.2, 0) is 9.22 Å². The summed E-state index contributed by atoms with van der Waals surface area (Å²) in [5.41, 5.74) is 0. The molecule has 3 heteroatoms. The van der Waals surface area contributed by atoms with Crippen molar-refractivity contribution in [3.63, 3.8) is 0 Å². The summed E-state index contributed by atoms with van der Waals surface area (Å²) in [5, 5.41) is 2.78. The van der Waals surface area contributed by atoms with Gasteiger partial charge in [-0.2, -0.15) is 0 Å². The Morgan fingerprint density at radius 1 is 0.677 bits per heavy atom. The van der Waals surface area contributed by atoms with Crippen molar-refractivity contribution in [3.8, 4) is 0 Å². The zero-order valence-corrected chi connectivity index (χ0v) is 20.9. The van der Waals surface area contributed by atoms with Gasteiger partial charge in [0.15, 0.2) is 0 Å². The second-order valence-electron chi connectivity index (χ2n) is 9.65. The molecule has 2 aromatic rings. The molecule has 0 aromatic heterocycles. The van der Waals surface area contributed by atoms with Crippen LogP contribution < -0.4 is 10.4 Å². The maximum absolute atomic E-state index is 10.3. The molecule has 0 amide bonds. The first-order valence-electron chi connectivity index (χ1n) is 12.2. The topological polar surface area (TPSA) is 26.3 Å². The van der Waals surface area contributed by atoms with Crippen molar-refractivity contribution in [1.29, 1.82) is 0 Å². The highest BCUT2D eigenvalue weighted by Gasteiger charge is 2.49. The molecule has 0 saturated carbocycles. The number of benzene rings is 2. The molecule has 0 heterocycles. The minimum absolute atomic E-state index is 0.0551. The molecule has 0 aliphatic heterocycles. The summed E-state index contributed by atoms with van der Waals surface area (Å²) < 4.78 is 6.96. The van der Waals surface area contributed by atoms with Crippen LogP contribution in [-0.4, -0.2) is 21.2 Å². The second kappa shape index (κ2) is 13.6. The lowest BCUT2D eigenvalue weighted by Gasteiger charge is -2.43. The van der Waals surface area contributed by atoms with Crippen LogP contribution in [0.4, 0.5) is 0 Å². The molecule has 0 bridgehead atoms. The molecule has 0 saturated heterocycles. The molecule has 0 radical (unpaired) electrons. The van der Waals surface area contributed by atoms with E-state index in [4.69, 9.17) is 4.43 Å². The molecule has 0 atom stereocenters. The highest BCUT2D eigenvalue weighted by molar-refractivity contribution is 6.99.